The number of carbonyl (C=O) groups is 1. The summed E-state index contributed by atoms with van der Waals surface area (Å²) in [5.41, 5.74) is 5.14. The van der Waals surface area contributed by atoms with E-state index in [1.807, 2.05) is 30.3 Å². The minimum atomic E-state index is -0.195. The molecule has 0 heterocycles. The number of carbonyl (C=O) groups excluding carboxylic acids is 1. The molecule has 3 nitrogen and oxygen atoms in total. The molecule has 0 saturated heterocycles. The van der Waals surface area contributed by atoms with Gasteiger partial charge in [-0.05, 0) is 53.3 Å². The van der Waals surface area contributed by atoms with Crippen LogP contribution in [-0.4, -0.2) is 5.91 Å². The van der Waals surface area contributed by atoms with Crippen LogP contribution in [0.5, 0.6) is 5.75 Å². The van der Waals surface area contributed by atoms with E-state index in [2.05, 4.69) is 37.4 Å². The van der Waals surface area contributed by atoms with Crippen molar-refractivity contribution in [2.24, 2.45) is 0 Å². The summed E-state index contributed by atoms with van der Waals surface area (Å²) in [6.07, 6.45) is 1.90. The minimum Gasteiger partial charge on any atom is -0.488 e. The third-order valence-electron chi connectivity index (χ3n) is 4.92. The van der Waals surface area contributed by atoms with Gasteiger partial charge in [0.25, 0.3) is 5.91 Å². The molecule has 0 unspecified atom stereocenters. The molecule has 4 heteroatoms. The summed E-state index contributed by atoms with van der Waals surface area (Å²) in [6, 6.07) is 21.5. The van der Waals surface area contributed by atoms with Crippen molar-refractivity contribution in [3.63, 3.8) is 0 Å². The van der Waals surface area contributed by atoms with Crippen LogP contribution in [-0.2, 0) is 26.0 Å². The van der Waals surface area contributed by atoms with E-state index in [1.165, 1.54) is 11.1 Å². The summed E-state index contributed by atoms with van der Waals surface area (Å²) < 4.78 is 5.91. The summed E-state index contributed by atoms with van der Waals surface area (Å²) in [5, 5.41) is 3.53. The highest BCUT2D eigenvalue weighted by Gasteiger charge is 2.14. The van der Waals surface area contributed by atoms with Crippen LogP contribution in [0.1, 0.15) is 46.5 Å². The first-order chi connectivity index (χ1) is 14.1. The molecule has 0 aliphatic rings. The number of nitrogens with one attached hydrogen (secondary N) is 1. The molecule has 0 bridgehead atoms. The van der Waals surface area contributed by atoms with E-state index in [-0.39, 0.29) is 5.91 Å². The van der Waals surface area contributed by atoms with Gasteiger partial charge in [-0.3, -0.25) is 4.79 Å². The Morgan fingerprint density at radius 3 is 2.41 bits per heavy atom. The molecule has 0 aromatic heterocycles. The average Bonchev–Trinajstić information content (AvgIpc) is 2.77. The Balaban J connectivity index is 1.74. The molecule has 150 valence electrons. The van der Waals surface area contributed by atoms with Crippen molar-refractivity contribution in [2.75, 3.05) is 0 Å². The lowest BCUT2D eigenvalue weighted by Crippen LogP contribution is -2.24. The van der Waals surface area contributed by atoms with E-state index >= 15 is 0 Å². The molecule has 0 radical (unpaired) electrons. The van der Waals surface area contributed by atoms with Gasteiger partial charge in [0.05, 0.1) is 5.56 Å². The normalized spacial score (nSPS) is 10.6. The molecule has 3 aromatic rings. The van der Waals surface area contributed by atoms with Crippen molar-refractivity contribution >= 4 is 17.5 Å². The average molecular weight is 408 g/mol. The predicted octanol–water partition coefficient (Wildman–Crippen LogP) is 5.97. The van der Waals surface area contributed by atoms with Crippen LogP contribution in [0.25, 0.3) is 0 Å². The van der Waals surface area contributed by atoms with Crippen LogP contribution in [0.3, 0.4) is 0 Å². The van der Waals surface area contributed by atoms with Crippen molar-refractivity contribution < 1.29 is 9.53 Å². The van der Waals surface area contributed by atoms with Gasteiger partial charge in [-0.15, -0.1) is 0 Å². The Kier molecular flexibility index (Phi) is 7.31. The highest BCUT2D eigenvalue weighted by atomic mass is 35.5. The highest BCUT2D eigenvalue weighted by Crippen LogP contribution is 2.24. The topological polar surface area (TPSA) is 38.3 Å². The summed E-state index contributed by atoms with van der Waals surface area (Å²) in [7, 11) is 0. The van der Waals surface area contributed by atoms with E-state index in [0.29, 0.717) is 29.5 Å². The first-order valence-corrected chi connectivity index (χ1v) is 10.3. The van der Waals surface area contributed by atoms with Crippen molar-refractivity contribution in [1.29, 1.82) is 0 Å². The SMILES string of the molecule is CCc1ccc(CC)c(CNC(=O)c2cc(Cl)ccc2OCc2ccccc2)c1. The number of hydrogen-bond donors (Lipinski definition) is 1. The maximum Gasteiger partial charge on any atom is 0.255 e. The fraction of sp³-hybridized carbons (Fsp3) is 0.240. The maximum absolute atomic E-state index is 12.9. The molecule has 0 spiro atoms. The molecular formula is C25H26ClNO2. The Bertz CT molecular complexity index is 970. The number of benzene rings is 3. The summed E-state index contributed by atoms with van der Waals surface area (Å²) >= 11 is 6.15. The second kappa shape index (κ2) is 10.1. The van der Waals surface area contributed by atoms with Gasteiger partial charge in [0.1, 0.15) is 12.4 Å². The van der Waals surface area contributed by atoms with E-state index in [9.17, 15) is 4.79 Å². The van der Waals surface area contributed by atoms with E-state index in [4.69, 9.17) is 16.3 Å². The lowest BCUT2D eigenvalue weighted by Gasteiger charge is -2.14. The molecular weight excluding hydrogens is 382 g/mol. The van der Waals surface area contributed by atoms with Gasteiger partial charge < -0.3 is 10.1 Å². The molecule has 0 aliphatic carbocycles. The van der Waals surface area contributed by atoms with Gasteiger partial charge in [-0.25, -0.2) is 0 Å². The highest BCUT2D eigenvalue weighted by molar-refractivity contribution is 6.31. The number of hydrogen-bond acceptors (Lipinski definition) is 2. The standard InChI is InChI=1S/C25H26ClNO2/c1-3-18-10-11-20(4-2)21(14-18)16-27-25(28)23-15-22(26)12-13-24(23)29-17-19-8-6-5-7-9-19/h5-15H,3-4,16-17H2,1-2H3,(H,27,28). The van der Waals surface area contributed by atoms with Crippen LogP contribution in [0.2, 0.25) is 5.02 Å². The smallest absolute Gasteiger partial charge is 0.255 e. The molecule has 0 aliphatic heterocycles. The first kappa shape index (κ1) is 20.9. The van der Waals surface area contributed by atoms with E-state index in [1.54, 1.807) is 18.2 Å². The number of ether oxygens (including phenoxy) is 1. The van der Waals surface area contributed by atoms with Gasteiger partial charge in [0.15, 0.2) is 0 Å². The number of aryl methyl sites for hydroxylation is 2. The van der Waals surface area contributed by atoms with Gasteiger partial charge in [0, 0.05) is 11.6 Å². The van der Waals surface area contributed by atoms with E-state index in [0.717, 1.165) is 24.0 Å². The van der Waals surface area contributed by atoms with Crippen LogP contribution < -0.4 is 10.1 Å². The van der Waals surface area contributed by atoms with Gasteiger partial charge >= 0.3 is 0 Å². The molecule has 1 amide bonds. The van der Waals surface area contributed by atoms with Crippen LogP contribution in [0.4, 0.5) is 0 Å². The third kappa shape index (κ3) is 5.61. The lowest BCUT2D eigenvalue weighted by atomic mass is 10.0. The maximum atomic E-state index is 12.9. The zero-order valence-electron chi connectivity index (χ0n) is 16.9. The molecule has 0 atom stereocenters. The van der Waals surface area contributed by atoms with Crippen molar-refractivity contribution in [2.45, 2.75) is 39.8 Å². The van der Waals surface area contributed by atoms with Crippen LogP contribution >= 0.6 is 11.6 Å². The lowest BCUT2D eigenvalue weighted by molar-refractivity contribution is 0.0946. The Morgan fingerprint density at radius 2 is 1.69 bits per heavy atom. The predicted molar refractivity (Wildman–Crippen MR) is 119 cm³/mol. The second-order valence-corrected chi connectivity index (χ2v) is 7.34. The fourth-order valence-electron chi connectivity index (χ4n) is 3.22. The van der Waals surface area contributed by atoms with Gasteiger partial charge in [0.2, 0.25) is 0 Å². The summed E-state index contributed by atoms with van der Waals surface area (Å²) in [4.78, 5) is 12.9. The van der Waals surface area contributed by atoms with E-state index < -0.39 is 0 Å². The van der Waals surface area contributed by atoms with Gasteiger partial charge in [-0.1, -0.05) is 74.0 Å². The zero-order valence-corrected chi connectivity index (χ0v) is 17.6. The van der Waals surface area contributed by atoms with Crippen molar-refractivity contribution in [1.82, 2.24) is 5.32 Å². The van der Waals surface area contributed by atoms with Crippen LogP contribution in [0, 0.1) is 0 Å². The number of rotatable bonds is 8. The minimum absolute atomic E-state index is 0.195. The summed E-state index contributed by atoms with van der Waals surface area (Å²) in [6.45, 7) is 5.12. The molecule has 3 aromatic carbocycles. The number of amides is 1. The largest absolute Gasteiger partial charge is 0.488 e. The molecule has 29 heavy (non-hydrogen) atoms. The summed E-state index contributed by atoms with van der Waals surface area (Å²) in [5.74, 6) is 0.327. The van der Waals surface area contributed by atoms with Crippen molar-refractivity contribution in [3.05, 3.63) is 99.6 Å². The molecule has 3 rings (SSSR count). The monoisotopic (exact) mass is 407 g/mol. The zero-order chi connectivity index (χ0) is 20.6. The first-order valence-electron chi connectivity index (χ1n) is 9.95. The number of halogens is 1. The molecule has 0 saturated carbocycles. The Labute approximate surface area is 177 Å². The third-order valence-corrected chi connectivity index (χ3v) is 5.16. The van der Waals surface area contributed by atoms with Crippen molar-refractivity contribution in [3.8, 4) is 5.75 Å². The fourth-order valence-corrected chi connectivity index (χ4v) is 3.39. The Hall–Kier alpha value is -2.78. The van der Waals surface area contributed by atoms with Crippen LogP contribution in [0.15, 0.2) is 66.7 Å². The molecule has 0 fully saturated rings. The Morgan fingerprint density at radius 1 is 0.897 bits per heavy atom. The van der Waals surface area contributed by atoms with Gasteiger partial charge in [-0.2, -0.15) is 0 Å². The quantitative estimate of drug-likeness (QED) is 0.499. The second-order valence-electron chi connectivity index (χ2n) is 6.91. The molecule has 1 N–H and O–H groups in total.